The molecule has 1 saturated heterocycles. The summed E-state index contributed by atoms with van der Waals surface area (Å²) in [5.41, 5.74) is -0.485. The minimum absolute atomic E-state index is 0.0752. The van der Waals surface area contributed by atoms with Gasteiger partial charge in [0.05, 0.1) is 21.7 Å². The summed E-state index contributed by atoms with van der Waals surface area (Å²) >= 11 is 6.17. The highest BCUT2D eigenvalue weighted by molar-refractivity contribution is 6.36. The first kappa shape index (κ1) is 27.7. The van der Waals surface area contributed by atoms with Crippen LogP contribution in [-0.2, 0) is 12.7 Å². The van der Waals surface area contributed by atoms with Crippen LogP contribution in [0.2, 0.25) is 5.02 Å². The maximum Gasteiger partial charge on any atom is 0.416 e. The van der Waals surface area contributed by atoms with Gasteiger partial charge in [0, 0.05) is 49.8 Å². The van der Waals surface area contributed by atoms with Gasteiger partial charge in [0.25, 0.3) is 0 Å². The van der Waals surface area contributed by atoms with Gasteiger partial charge in [-0.3, -0.25) is 4.90 Å². The Morgan fingerprint density at radius 2 is 1.95 bits per heavy atom. The molecule has 40 heavy (non-hydrogen) atoms. The number of anilines is 2. The lowest BCUT2D eigenvalue weighted by atomic mass is 10.0. The number of carbonyl (C=O) groups excluding carboxylic acids is 1. The second-order valence-corrected chi connectivity index (χ2v) is 10.1. The monoisotopic (exact) mass is 576 g/mol. The van der Waals surface area contributed by atoms with E-state index >= 15 is 0 Å². The molecule has 0 aliphatic carbocycles. The van der Waals surface area contributed by atoms with Gasteiger partial charge in [-0.15, -0.1) is 0 Å². The second kappa shape index (κ2) is 11.0. The number of aromatic amines is 1. The van der Waals surface area contributed by atoms with E-state index < -0.39 is 23.6 Å². The number of carbonyl (C=O) groups is 1. The van der Waals surface area contributed by atoms with Crippen molar-refractivity contribution in [2.24, 2.45) is 0 Å². The smallest absolute Gasteiger partial charge is 0.416 e. The topological polar surface area (TPSA) is 85.5 Å². The molecule has 13 heteroatoms. The third-order valence-corrected chi connectivity index (χ3v) is 6.94. The lowest BCUT2D eigenvalue weighted by Gasteiger charge is -2.43. The van der Waals surface area contributed by atoms with Crippen molar-refractivity contribution in [3.05, 3.63) is 76.8 Å². The molecule has 0 bridgehead atoms. The Balaban J connectivity index is 1.25. The third kappa shape index (κ3) is 5.98. The maximum atomic E-state index is 14.8. The summed E-state index contributed by atoms with van der Waals surface area (Å²) in [6.45, 7) is 1.50. The summed E-state index contributed by atoms with van der Waals surface area (Å²) in [6, 6.07) is 8.37. The first-order chi connectivity index (χ1) is 19.0. The number of halogens is 5. The number of fused-ring (bicyclic) bond motifs is 1. The largest absolute Gasteiger partial charge is 0.456 e. The Kier molecular flexibility index (Phi) is 7.58. The highest BCUT2D eigenvalue weighted by atomic mass is 35.5. The zero-order valence-electron chi connectivity index (χ0n) is 21.4. The summed E-state index contributed by atoms with van der Waals surface area (Å²) in [5, 5.41) is 5.57. The average Bonchev–Trinajstić information content (AvgIpc) is 3.24. The van der Waals surface area contributed by atoms with E-state index in [-0.39, 0.29) is 29.2 Å². The van der Waals surface area contributed by atoms with E-state index in [2.05, 4.69) is 20.6 Å². The fourth-order valence-corrected chi connectivity index (χ4v) is 4.68. The van der Waals surface area contributed by atoms with Crippen molar-refractivity contribution >= 4 is 40.0 Å². The van der Waals surface area contributed by atoms with E-state index in [1.807, 2.05) is 23.9 Å². The van der Waals surface area contributed by atoms with Crippen LogP contribution in [0.3, 0.4) is 0 Å². The van der Waals surface area contributed by atoms with E-state index in [4.69, 9.17) is 16.3 Å². The number of urea groups is 1. The number of pyridine rings is 1. The molecule has 2 aromatic heterocycles. The standard InChI is InChI=1S/C27H25ClF4N6O2/c1-37(2)17-13-38(14-17)12-15-3-4-16(9-19(15)27(30,31)32)35-26(39)36-22-6-5-18(10-21(22)29)40-23-7-8-33-25-24(23)20(28)11-34-25/h3-11,17H,12-14H2,1-2H3,(H,33,34)(H2,35,36,39). The zero-order valence-corrected chi connectivity index (χ0v) is 22.2. The van der Waals surface area contributed by atoms with Crippen LogP contribution in [0.1, 0.15) is 11.1 Å². The number of nitrogens with zero attached hydrogens (tertiary/aromatic N) is 3. The number of hydrogen-bond acceptors (Lipinski definition) is 5. The van der Waals surface area contributed by atoms with Crippen LogP contribution in [0.5, 0.6) is 11.5 Å². The molecule has 8 nitrogen and oxygen atoms in total. The van der Waals surface area contributed by atoms with Crippen LogP contribution >= 0.6 is 11.6 Å². The van der Waals surface area contributed by atoms with Crippen molar-refractivity contribution in [1.82, 2.24) is 19.8 Å². The van der Waals surface area contributed by atoms with Crippen molar-refractivity contribution < 1.29 is 27.1 Å². The number of aromatic nitrogens is 2. The molecule has 3 heterocycles. The molecule has 5 rings (SSSR count). The molecular weight excluding hydrogens is 552 g/mol. The van der Waals surface area contributed by atoms with Gasteiger partial charge in [-0.05, 0) is 50.0 Å². The van der Waals surface area contributed by atoms with Gasteiger partial charge in [0.2, 0.25) is 0 Å². The summed E-state index contributed by atoms with van der Waals surface area (Å²) in [7, 11) is 3.87. The number of hydrogen-bond donors (Lipinski definition) is 3. The highest BCUT2D eigenvalue weighted by Gasteiger charge is 2.36. The minimum Gasteiger partial charge on any atom is -0.456 e. The van der Waals surface area contributed by atoms with Gasteiger partial charge < -0.3 is 25.3 Å². The van der Waals surface area contributed by atoms with E-state index in [1.54, 1.807) is 12.3 Å². The number of likely N-dealkylation sites (tertiary alicyclic amines) is 1. The lowest BCUT2D eigenvalue weighted by Crippen LogP contribution is -2.56. The molecule has 3 N–H and O–H groups in total. The van der Waals surface area contributed by atoms with Crippen LogP contribution < -0.4 is 15.4 Å². The number of nitrogens with one attached hydrogen (secondary N) is 3. The van der Waals surface area contributed by atoms with Crippen molar-refractivity contribution in [2.75, 3.05) is 37.8 Å². The first-order valence-electron chi connectivity index (χ1n) is 12.2. The molecule has 1 aliphatic rings. The summed E-state index contributed by atoms with van der Waals surface area (Å²) < 4.78 is 61.9. The van der Waals surface area contributed by atoms with Gasteiger partial charge in [0.1, 0.15) is 23.0 Å². The second-order valence-electron chi connectivity index (χ2n) is 9.67. The van der Waals surface area contributed by atoms with E-state index in [1.165, 1.54) is 30.5 Å². The van der Waals surface area contributed by atoms with Crippen molar-refractivity contribution in [3.63, 3.8) is 0 Å². The Labute approximate surface area is 231 Å². The van der Waals surface area contributed by atoms with Crippen molar-refractivity contribution in [3.8, 4) is 11.5 Å². The number of alkyl halides is 3. The molecule has 0 spiro atoms. The third-order valence-electron chi connectivity index (χ3n) is 6.64. The van der Waals surface area contributed by atoms with E-state index in [0.29, 0.717) is 40.9 Å². The quantitative estimate of drug-likeness (QED) is 0.217. The predicted molar refractivity (Wildman–Crippen MR) is 144 cm³/mol. The molecule has 2 aromatic carbocycles. The van der Waals surface area contributed by atoms with Gasteiger partial charge in [-0.1, -0.05) is 17.7 Å². The lowest BCUT2D eigenvalue weighted by molar-refractivity contribution is -0.138. The maximum absolute atomic E-state index is 14.8. The minimum atomic E-state index is -4.61. The zero-order chi connectivity index (χ0) is 28.6. The molecule has 0 unspecified atom stereocenters. The van der Waals surface area contributed by atoms with E-state index in [0.717, 1.165) is 12.1 Å². The molecule has 0 radical (unpaired) electrons. The van der Waals surface area contributed by atoms with Crippen LogP contribution in [0, 0.1) is 5.82 Å². The van der Waals surface area contributed by atoms with Crippen LogP contribution in [0.4, 0.5) is 33.7 Å². The SMILES string of the molecule is CN(C)C1CN(Cc2ccc(NC(=O)Nc3ccc(Oc4ccnc5[nH]cc(Cl)c45)cc3F)cc2C(F)(F)F)C1. The summed E-state index contributed by atoms with van der Waals surface area (Å²) in [6.07, 6.45) is -1.55. The van der Waals surface area contributed by atoms with Crippen molar-refractivity contribution in [1.29, 1.82) is 0 Å². The predicted octanol–water partition coefficient (Wildman–Crippen LogP) is 6.56. The molecule has 0 atom stereocenters. The summed E-state index contributed by atoms with van der Waals surface area (Å²) in [4.78, 5) is 23.5. The van der Waals surface area contributed by atoms with Gasteiger partial charge in [-0.25, -0.2) is 14.2 Å². The fraction of sp³-hybridized carbons (Fsp3) is 0.259. The first-order valence-corrected chi connectivity index (χ1v) is 12.6. The number of rotatable bonds is 7. The molecule has 4 aromatic rings. The molecule has 1 aliphatic heterocycles. The molecule has 2 amide bonds. The molecule has 210 valence electrons. The molecular formula is C27H25ClF4N6O2. The number of likely N-dealkylation sites (N-methyl/N-ethyl adjacent to an activating group) is 1. The van der Waals surface area contributed by atoms with Gasteiger partial charge >= 0.3 is 12.2 Å². The Morgan fingerprint density at radius 3 is 2.65 bits per heavy atom. The number of ether oxygens (including phenoxy) is 1. The van der Waals surface area contributed by atoms with Crippen molar-refractivity contribution in [2.45, 2.75) is 18.8 Å². The van der Waals surface area contributed by atoms with Crippen LogP contribution in [0.25, 0.3) is 11.0 Å². The van der Waals surface area contributed by atoms with Crippen LogP contribution in [0.15, 0.2) is 54.9 Å². The Morgan fingerprint density at radius 1 is 1.18 bits per heavy atom. The van der Waals surface area contributed by atoms with Crippen LogP contribution in [-0.4, -0.2) is 59.0 Å². The van der Waals surface area contributed by atoms with E-state index in [9.17, 15) is 22.4 Å². The average molecular weight is 577 g/mol. The fourth-order valence-electron chi connectivity index (χ4n) is 4.44. The summed E-state index contributed by atoms with van der Waals surface area (Å²) in [5.74, 6) is -0.322. The number of amides is 2. The normalized spacial score (nSPS) is 14.4. The Bertz CT molecular complexity index is 1550. The number of benzene rings is 2. The highest BCUT2D eigenvalue weighted by Crippen LogP contribution is 2.36. The van der Waals surface area contributed by atoms with Gasteiger partial charge in [0.15, 0.2) is 0 Å². The molecule has 0 saturated carbocycles. The van der Waals surface area contributed by atoms with Gasteiger partial charge in [-0.2, -0.15) is 13.2 Å². The Hall–Kier alpha value is -3.87. The molecule has 1 fully saturated rings. The number of H-pyrrole nitrogens is 1.